The van der Waals surface area contributed by atoms with E-state index in [2.05, 4.69) is 15.2 Å². The molecule has 3 aromatic rings. The lowest BCUT2D eigenvalue weighted by Gasteiger charge is -2.19. The van der Waals surface area contributed by atoms with Gasteiger partial charge < -0.3 is 9.52 Å². The van der Waals surface area contributed by atoms with E-state index >= 15 is 0 Å². The highest BCUT2D eigenvalue weighted by Crippen LogP contribution is 2.45. The topological polar surface area (TPSA) is 135 Å². The van der Waals surface area contributed by atoms with E-state index in [1.807, 2.05) is 0 Å². The van der Waals surface area contributed by atoms with Gasteiger partial charge in [0.1, 0.15) is 10.9 Å². The van der Waals surface area contributed by atoms with E-state index in [0.717, 1.165) is 49.2 Å². The lowest BCUT2D eigenvalue weighted by Crippen LogP contribution is -2.43. The summed E-state index contributed by atoms with van der Waals surface area (Å²) in [5.41, 5.74) is -1.80. The minimum absolute atomic E-state index is 0.0305. The fraction of sp³-hybridized carbons (Fsp3) is 0.538. The number of nitrogens with zero attached hydrogens (tertiary/aromatic N) is 3. The Kier molecular flexibility index (Phi) is 9.55. The van der Waals surface area contributed by atoms with Gasteiger partial charge in [-0.1, -0.05) is 43.4 Å². The molecule has 0 radical (unpaired) electrons. The molecule has 2 heterocycles. The van der Waals surface area contributed by atoms with Crippen LogP contribution in [0.4, 0.5) is 22.0 Å². The predicted molar refractivity (Wildman–Crippen MR) is 147 cm³/mol. The number of sulfonamides is 1. The van der Waals surface area contributed by atoms with Gasteiger partial charge in [0.25, 0.3) is 12.3 Å². The van der Waals surface area contributed by atoms with E-state index in [1.165, 1.54) is 18.6 Å². The minimum atomic E-state index is -4.94. The van der Waals surface area contributed by atoms with Crippen LogP contribution in [-0.4, -0.2) is 46.9 Å². The molecule has 2 aromatic heterocycles. The van der Waals surface area contributed by atoms with Gasteiger partial charge in [0.15, 0.2) is 5.01 Å². The van der Waals surface area contributed by atoms with Crippen LogP contribution in [0.5, 0.6) is 0 Å². The van der Waals surface area contributed by atoms with E-state index in [4.69, 9.17) is 16.0 Å². The maximum Gasteiger partial charge on any atom is 0.404 e. The standard InChI is InChI=1S/C26H28ClF5N4O5S2/c1-12(26(30,31)32)36-43(39,40)16-9-8-14(18(19(16)27)21(28)29)20-15(10-13-6-4-5-7-13)33-23(42-20)22-35-34-17(41-22)11-25(2,3)24(37)38/h8-9,12-13,21,36H,4-7,10-11H2,1-3H3,(H,37,38)/t12-/m0/s1. The van der Waals surface area contributed by atoms with E-state index in [0.29, 0.717) is 19.0 Å². The lowest BCUT2D eigenvalue weighted by molar-refractivity contribution is -0.147. The molecule has 1 fully saturated rings. The van der Waals surface area contributed by atoms with Crippen LogP contribution in [0.25, 0.3) is 21.3 Å². The van der Waals surface area contributed by atoms with Gasteiger partial charge in [-0.2, -0.15) is 17.9 Å². The predicted octanol–water partition coefficient (Wildman–Crippen LogP) is 7.07. The number of halogens is 6. The molecule has 0 aliphatic heterocycles. The second-order valence-corrected chi connectivity index (χ2v) is 14.1. The fourth-order valence-corrected chi connectivity index (χ4v) is 7.62. The summed E-state index contributed by atoms with van der Waals surface area (Å²) in [6.45, 7) is 3.55. The van der Waals surface area contributed by atoms with Crippen LogP contribution in [0.1, 0.15) is 70.0 Å². The Morgan fingerprint density at radius 3 is 2.44 bits per heavy atom. The molecule has 236 valence electrons. The molecule has 1 aliphatic carbocycles. The van der Waals surface area contributed by atoms with Crippen molar-refractivity contribution < 1.29 is 44.7 Å². The fourth-order valence-electron chi connectivity index (χ4n) is 4.70. The van der Waals surface area contributed by atoms with E-state index in [9.17, 15) is 40.3 Å². The Bertz CT molecular complexity index is 1600. The van der Waals surface area contributed by atoms with Crippen molar-refractivity contribution in [1.82, 2.24) is 19.9 Å². The molecule has 17 heteroatoms. The summed E-state index contributed by atoms with van der Waals surface area (Å²) in [5, 5.41) is 16.5. The largest absolute Gasteiger partial charge is 0.481 e. The van der Waals surface area contributed by atoms with Gasteiger partial charge in [-0.15, -0.1) is 21.5 Å². The molecule has 9 nitrogen and oxygen atoms in total. The Morgan fingerprint density at radius 1 is 1.21 bits per heavy atom. The Morgan fingerprint density at radius 2 is 1.86 bits per heavy atom. The lowest BCUT2D eigenvalue weighted by atomic mass is 9.90. The molecule has 43 heavy (non-hydrogen) atoms. The summed E-state index contributed by atoms with van der Waals surface area (Å²) in [5.74, 6) is -0.897. The van der Waals surface area contributed by atoms with Crippen molar-refractivity contribution in [2.24, 2.45) is 11.3 Å². The quantitative estimate of drug-likeness (QED) is 0.207. The maximum absolute atomic E-state index is 14.5. The van der Waals surface area contributed by atoms with Crippen molar-refractivity contribution in [2.45, 2.75) is 82.8 Å². The summed E-state index contributed by atoms with van der Waals surface area (Å²) < 4.78 is 101. The number of rotatable bonds is 11. The number of carboxylic acids is 1. The van der Waals surface area contributed by atoms with Crippen LogP contribution in [0.3, 0.4) is 0 Å². The van der Waals surface area contributed by atoms with Crippen LogP contribution in [0.2, 0.25) is 5.02 Å². The van der Waals surface area contributed by atoms with Crippen molar-refractivity contribution in [1.29, 1.82) is 0 Å². The highest BCUT2D eigenvalue weighted by atomic mass is 35.5. The van der Waals surface area contributed by atoms with E-state index < -0.39 is 55.5 Å². The molecule has 0 bridgehead atoms. The average molecular weight is 671 g/mol. The zero-order valence-electron chi connectivity index (χ0n) is 23.1. The van der Waals surface area contributed by atoms with Crippen molar-refractivity contribution in [3.63, 3.8) is 0 Å². The van der Waals surface area contributed by atoms with Crippen LogP contribution in [0.15, 0.2) is 21.4 Å². The van der Waals surface area contributed by atoms with Gasteiger partial charge in [-0.05, 0) is 39.2 Å². The Hall–Kier alpha value is -2.69. The molecule has 1 atom stereocenters. The molecule has 1 aliphatic rings. The molecule has 0 unspecified atom stereocenters. The third-order valence-corrected chi connectivity index (χ3v) is 10.4. The second kappa shape index (κ2) is 12.4. The summed E-state index contributed by atoms with van der Waals surface area (Å²) in [4.78, 5) is 15.4. The second-order valence-electron chi connectivity index (χ2n) is 11.0. The van der Waals surface area contributed by atoms with Gasteiger partial charge in [-0.25, -0.2) is 22.2 Å². The van der Waals surface area contributed by atoms with Gasteiger partial charge >= 0.3 is 12.1 Å². The molecule has 1 aromatic carbocycles. The van der Waals surface area contributed by atoms with Crippen LogP contribution < -0.4 is 4.72 Å². The molecular weight excluding hydrogens is 643 g/mol. The SMILES string of the molecule is C[C@H](NS(=O)(=O)c1ccc(-c2sc(-c3nnc(CC(C)(C)C(=O)O)o3)nc2CC2CCCC2)c(C(F)F)c1Cl)C(F)(F)F. The average Bonchev–Trinajstić information content (AvgIpc) is 3.64. The maximum atomic E-state index is 14.5. The van der Waals surface area contributed by atoms with Crippen LogP contribution in [-0.2, 0) is 27.7 Å². The van der Waals surface area contributed by atoms with Gasteiger partial charge in [0, 0.05) is 17.5 Å². The molecule has 2 N–H and O–H groups in total. The van der Waals surface area contributed by atoms with Gasteiger partial charge in [0.05, 0.1) is 21.0 Å². The van der Waals surface area contributed by atoms with Crippen LogP contribution in [0, 0.1) is 11.3 Å². The van der Waals surface area contributed by atoms with E-state index in [1.54, 1.807) is 0 Å². The molecule has 0 amide bonds. The molecule has 0 saturated heterocycles. The number of carbonyl (C=O) groups is 1. The summed E-state index contributed by atoms with van der Waals surface area (Å²) in [6.07, 6.45) is -4.11. The van der Waals surface area contributed by atoms with Gasteiger partial charge in [0.2, 0.25) is 15.9 Å². The van der Waals surface area contributed by atoms with Crippen molar-refractivity contribution in [3.8, 4) is 21.3 Å². The summed E-state index contributed by atoms with van der Waals surface area (Å²) in [7, 11) is -4.94. The zero-order valence-corrected chi connectivity index (χ0v) is 25.5. The first-order chi connectivity index (χ1) is 19.9. The Balaban J connectivity index is 1.80. The number of carboxylic acid groups (broad SMARTS) is 1. The number of hydrogen-bond acceptors (Lipinski definition) is 8. The zero-order chi connectivity index (χ0) is 31.9. The normalized spacial score (nSPS) is 15.9. The van der Waals surface area contributed by atoms with Crippen molar-refractivity contribution >= 4 is 38.9 Å². The van der Waals surface area contributed by atoms with Gasteiger partial charge in [-0.3, -0.25) is 4.79 Å². The summed E-state index contributed by atoms with van der Waals surface area (Å²) in [6, 6.07) is -0.540. The summed E-state index contributed by atoms with van der Waals surface area (Å²) >= 11 is 7.12. The smallest absolute Gasteiger partial charge is 0.404 e. The molecule has 0 spiro atoms. The van der Waals surface area contributed by atoms with Crippen LogP contribution >= 0.6 is 22.9 Å². The van der Waals surface area contributed by atoms with Crippen molar-refractivity contribution in [2.75, 3.05) is 0 Å². The highest BCUT2D eigenvalue weighted by molar-refractivity contribution is 7.89. The minimum Gasteiger partial charge on any atom is -0.481 e. The number of nitrogens with one attached hydrogen (secondary N) is 1. The number of alkyl halides is 5. The Labute approximate surface area is 252 Å². The van der Waals surface area contributed by atoms with Crippen molar-refractivity contribution in [3.05, 3.63) is 34.3 Å². The van der Waals surface area contributed by atoms with E-state index in [-0.39, 0.29) is 39.6 Å². The first-order valence-corrected chi connectivity index (χ1v) is 15.8. The monoisotopic (exact) mass is 670 g/mol. The highest BCUT2D eigenvalue weighted by Gasteiger charge is 2.40. The molecule has 1 saturated carbocycles. The number of benzene rings is 1. The first-order valence-electron chi connectivity index (χ1n) is 13.2. The first kappa shape index (κ1) is 33.2. The number of aromatic nitrogens is 3. The number of hydrogen-bond donors (Lipinski definition) is 2. The third kappa shape index (κ3) is 7.35. The number of thiazole rings is 1. The molecule has 4 rings (SSSR count). The molecular formula is C26H28ClF5N4O5S2. The number of aliphatic carboxylic acids is 1. The third-order valence-electron chi connectivity index (χ3n) is 7.20.